The Balaban J connectivity index is 1.46. The van der Waals surface area contributed by atoms with Crippen LogP contribution >= 0.6 is 0 Å². The molecule has 0 aliphatic heterocycles. The Morgan fingerprint density at radius 1 is 1.00 bits per heavy atom. The van der Waals surface area contributed by atoms with Crippen LogP contribution in [0.25, 0.3) is 33.0 Å². The van der Waals surface area contributed by atoms with Gasteiger partial charge in [-0.3, -0.25) is 10.5 Å². The molecule has 0 fully saturated rings. The number of benzene rings is 1. The maximum atomic E-state index is 8.89. The molecule has 164 valence electrons. The number of anilines is 1. The number of pyridine rings is 1. The van der Waals surface area contributed by atoms with Gasteiger partial charge >= 0.3 is 0 Å². The van der Waals surface area contributed by atoms with Crippen LogP contribution in [0, 0.1) is 5.41 Å². The molecule has 4 N–H and O–H groups in total. The van der Waals surface area contributed by atoms with Gasteiger partial charge in [0.1, 0.15) is 22.8 Å². The molecule has 1 aromatic carbocycles. The molecule has 6 rings (SSSR count). The van der Waals surface area contributed by atoms with E-state index in [-0.39, 0.29) is 0 Å². The average Bonchev–Trinajstić information content (AvgIpc) is 3.47. The van der Waals surface area contributed by atoms with Crippen LogP contribution in [0.3, 0.4) is 0 Å². The van der Waals surface area contributed by atoms with E-state index in [1.807, 2.05) is 55.2 Å². The van der Waals surface area contributed by atoms with Gasteiger partial charge in [-0.1, -0.05) is 18.2 Å². The molecule has 0 aliphatic carbocycles. The quantitative estimate of drug-likeness (QED) is 0.388. The number of nitrogens with one attached hydrogen (secondary N) is 2. The van der Waals surface area contributed by atoms with E-state index < -0.39 is 0 Å². The minimum Gasteiger partial charge on any atom is -0.384 e. The van der Waals surface area contributed by atoms with Crippen molar-refractivity contribution in [1.29, 1.82) is 5.41 Å². The highest BCUT2D eigenvalue weighted by molar-refractivity contribution is 6.04. The van der Waals surface area contributed by atoms with E-state index in [4.69, 9.17) is 16.1 Å². The number of nitrogens with two attached hydrogens (primary N) is 1. The van der Waals surface area contributed by atoms with Gasteiger partial charge in [0.25, 0.3) is 0 Å². The van der Waals surface area contributed by atoms with Crippen LogP contribution in [-0.2, 0) is 27.1 Å². The largest absolute Gasteiger partial charge is 0.384 e. The van der Waals surface area contributed by atoms with Crippen molar-refractivity contribution in [3.8, 4) is 0 Å². The summed E-state index contributed by atoms with van der Waals surface area (Å²) in [7, 11) is 3.95. The van der Waals surface area contributed by atoms with Gasteiger partial charge in [-0.2, -0.15) is 10.2 Å². The van der Waals surface area contributed by atoms with Gasteiger partial charge in [-0.05, 0) is 23.8 Å². The van der Waals surface area contributed by atoms with Crippen molar-refractivity contribution in [2.45, 2.75) is 13.0 Å². The maximum absolute atomic E-state index is 8.89. The van der Waals surface area contributed by atoms with Gasteiger partial charge in [0.15, 0.2) is 5.49 Å². The highest BCUT2D eigenvalue weighted by Gasteiger charge is 2.19. The number of nitrogen functional groups attached to an aromatic ring is 1. The second-order valence-electron chi connectivity index (χ2n) is 8.21. The van der Waals surface area contributed by atoms with Crippen LogP contribution in [0.1, 0.15) is 17.1 Å². The number of rotatable bonds is 4. The van der Waals surface area contributed by atoms with Gasteiger partial charge in [-0.15, -0.1) is 0 Å². The summed E-state index contributed by atoms with van der Waals surface area (Å²) in [5.41, 5.74) is 11.6. The van der Waals surface area contributed by atoms with Crippen molar-refractivity contribution in [3.05, 3.63) is 71.4 Å². The highest BCUT2D eigenvalue weighted by Crippen LogP contribution is 2.26. The molecule has 6 aromatic rings. The second-order valence-corrected chi connectivity index (χ2v) is 8.21. The minimum atomic E-state index is 0.340. The first-order valence-electron chi connectivity index (χ1n) is 10.6. The Morgan fingerprint density at radius 3 is 2.70 bits per heavy atom. The number of hydrogen-bond donors (Lipinski definition) is 3. The molecular formula is C23H22N10. The molecule has 0 amide bonds. The Morgan fingerprint density at radius 2 is 1.85 bits per heavy atom. The average molecular weight is 438 g/mol. The van der Waals surface area contributed by atoms with Gasteiger partial charge in [0.2, 0.25) is 0 Å². The first-order chi connectivity index (χ1) is 16.0. The lowest BCUT2D eigenvalue weighted by Crippen LogP contribution is -2.25. The van der Waals surface area contributed by atoms with E-state index in [0.717, 1.165) is 50.1 Å². The van der Waals surface area contributed by atoms with E-state index in [1.165, 1.54) is 0 Å². The molecule has 5 aromatic heterocycles. The standard InChI is InChI=1S/C23H22N10/c1-31-19(9-14-6-4-8-18(24)28-14)29-20-16-11-27-33(22(25)21(16)32(2)23(20)31)12-13-5-3-7-17-15(13)10-26-30-17/h3-8,10-11,25H,9,12H2,1-2H3,(H2,24,28)(H,26,30). The van der Waals surface area contributed by atoms with Crippen LogP contribution in [0.15, 0.2) is 48.8 Å². The summed E-state index contributed by atoms with van der Waals surface area (Å²) in [6.45, 7) is 0.479. The molecule has 33 heavy (non-hydrogen) atoms. The molecule has 10 heteroatoms. The fraction of sp³-hybridized carbons (Fsp3) is 0.174. The SMILES string of the molecule is Cn1c(Cc2cccc(N)n2)nc2c3cnn(Cc4cccc5[nH]ncc45)c(=N)c3n(C)c21. The number of imidazole rings is 1. The minimum absolute atomic E-state index is 0.340. The molecule has 0 radical (unpaired) electrons. The number of nitrogens with zero attached hydrogens (tertiary/aromatic N) is 7. The smallest absolute Gasteiger partial charge is 0.166 e. The summed E-state index contributed by atoms with van der Waals surface area (Å²) in [6.07, 6.45) is 4.19. The number of H-pyrrole nitrogens is 1. The van der Waals surface area contributed by atoms with Gasteiger partial charge in [-0.25, -0.2) is 14.6 Å². The summed E-state index contributed by atoms with van der Waals surface area (Å²) in [6, 6.07) is 11.6. The molecule has 0 aliphatic rings. The van der Waals surface area contributed by atoms with Gasteiger partial charge in [0.05, 0.1) is 41.1 Å². The van der Waals surface area contributed by atoms with Crippen LogP contribution < -0.4 is 11.2 Å². The zero-order valence-corrected chi connectivity index (χ0v) is 18.2. The molecule has 0 bridgehead atoms. The highest BCUT2D eigenvalue weighted by atomic mass is 15.3. The van der Waals surface area contributed by atoms with Gasteiger partial charge < -0.3 is 14.9 Å². The third kappa shape index (κ3) is 2.91. The monoisotopic (exact) mass is 438 g/mol. The maximum Gasteiger partial charge on any atom is 0.166 e. The Labute approximate surface area is 187 Å². The lowest BCUT2D eigenvalue weighted by atomic mass is 10.1. The lowest BCUT2D eigenvalue weighted by molar-refractivity contribution is 0.627. The fourth-order valence-corrected chi connectivity index (χ4v) is 4.58. The fourth-order valence-electron chi connectivity index (χ4n) is 4.58. The third-order valence-corrected chi connectivity index (χ3v) is 6.19. The molecule has 0 atom stereocenters. The number of aryl methyl sites for hydroxylation is 2. The van der Waals surface area contributed by atoms with Crippen LogP contribution in [-0.4, -0.2) is 39.1 Å². The van der Waals surface area contributed by atoms with Crippen molar-refractivity contribution in [3.63, 3.8) is 0 Å². The summed E-state index contributed by atoms with van der Waals surface area (Å²) in [5.74, 6) is 1.38. The zero-order valence-electron chi connectivity index (χ0n) is 18.2. The van der Waals surface area contributed by atoms with E-state index >= 15 is 0 Å². The van der Waals surface area contributed by atoms with Crippen molar-refractivity contribution < 1.29 is 0 Å². The van der Waals surface area contributed by atoms with E-state index in [1.54, 1.807) is 16.9 Å². The van der Waals surface area contributed by atoms with Crippen molar-refractivity contribution >= 4 is 38.8 Å². The molecule has 0 saturated carbocycles. The molecule has 0 saturated heterocycles. The summed E-state index contributed by atoms with van der Waals surface area (Å²) in [4.78, 5) is 9.29. The van der Waals surface area contributed by atoms with E-state index in [0.29, 0.717) is 24.3 Å². The summed E-state index contributed by atoms with van der Waals surface area (Å²) in [5, 5.41) is 22.5. The Kier molecular flexibility index (Phi) is 4.09. The topological polar surface area (TPSA) is 132 Å². The van der Waals surface area contributed by atoms with Gasteiger partial charge in [0, 0.05) is 25.9 Å². The van der Waals surface area contributed by atoms with Crippen molar-refractivity contribution in [2.24, 2.45) is 14.1 Å². The molecule has 0 spiro atoms. The molecule has 5 heterocycles. The number of fused-ring (bicyclic) bond motifs is 4. The Hall–Kier alpha value is -4.47. The van der Waals surface area contributed by atoms with Crippen molar-refractivity contribution in [1.82, 2.24) is 39.1 Å². The van der Waals surface area contributed by atoms with Crippen LogP contribution in [0.5, 0.6) is 0 Å². The second kappa shape index (κ2) is 7.02. The predicted octanol–water partition coefficient (Wildman–Crippen LogP) is 2.23. The number of aromatic nitrogens is 8. The first kappa shape index (κ1) is 19.2. The van der Waals surface area contributed by atoms with E-state index in [2.05, 4.69) is 24.8 Å². The number of aromatic amines is 1. The summed E-state index contributed by atoms with van der Waals surface area (Å²) < 4.78 is 5.78. The predicted molar refractivity (Wildman–Crippen MR) is 125 cm³/mol. The molecular weight excluding hydrogens is 416 g/mol. The lowest BCUT2D eigenvalue weighted by Gasteiger charge is -2.09. The normalized spacial score (nSPS) is 11.8. The Bertz CT molecular complexity index is 1730. The number of hydrogen-bond acceptors (Lipinski definition) is 6. The third-order valence-electron chi connectivity index (χ3n) is 6.19. The van der Waals surface area contributed by atoms with E-state index in [9.17, 15) is 0 Å². The first-order valence-corrected chi connectivity index (χ1v) is 10.6. The molecule has 0 unspecified atom stereocenters. The van der Waals surface area contributed by atoms with Crippen molar-refractivity contribution in [2.75, 3.05) is 5.73 Å². The molecule has 10 nitrogen and oxygen atoms in total. The summed E-state index contributed by atoms with van der Waals surface area (Å²) >= 11 is 0. The zero-order chi connectivity index (χ0) is 22.7. The van der Waals surface area contributed by atoms with Crippen LogP contribution in [0.4, 0.5) is 5.82 Å². The van der Waals surface area contributed by atoms with Crippen LogP contribution in [0.2, 0.25) is 0 Å².